The van der Waals surface area contributed by atoms with Crippen LogP contribution in [0.25, 0.3) is 0 Å². The highest BCUT2D eigenvalue weighted by Crippen LogP contribution is 2.20. The molecule has 8 heteroatoms. The zero-order valence-electron chi connectivity index (χ0n) is 11.6. The number of sulfone groups is 1. The fraction of sp³-hybridized carbons (Fsp3) is 0.462. The molecule has 0 aromatic heterocycles. The Morgan fingerprint density at radius 2 is 1.86 bits per heavy atom. The summed E-state index contributed by atoms with van der Waals surface area (Å²) in [5.41, 5.74) is 5.80. The summed E-state index contributed by atoms with van der Waals surface area (Å²) in [5, 5.41) is 2.57. The molecule has 1 atom stereocenters. The van der Waals surface area contributed by atoms with Gasteiger partial charge in [-0.25, -0.2) is 8.42 Å². The van der Waals surface area contributed by atoms with Crippen molar-refractivity contribution in [2.45, 2.75) is 30.4 Å². The van der Waals surface area contributed by atoms with E-state index < -0.39 is 20.5 Å². The molecule has 118 valence electrons. The molecule has 1 rings (SSSR count). The number of alkyl halides is 2. The van der Waals surface area contributed by atoms with E-state index in [0.29, 0.717) is 18.7 Å². The lowest BCUT2D eigenvalue weighted by molar-refractivity contribution is -0.116. The summed E-state index contributed by atoms with van der Waals surface area (Å²) in [5.74, 6) is -3.47. The summed E-state index contributed by atoms with van der Waals surface area (Å²) in [4.78, 5) is 11.2. The van der Waals surface area contributed by atoms with Crippen molar-refractivity contribution < 1.29 is 22.0 Å². The summed E-state index contributed by atoms with van der Waals surface area (Å²) in [6, 6.07) is 4.64. The monoisotopic (exact) mass is 320 g/mol. The average molecular weight is 320 g/mol. The summed E-state index contributed by atoms with van der Waals surface area (Å²) >= 11 is 0. The van der Waals surface area contributed by atoms with Gasteiger partial charge in [-0.05, 0) is 43.1 Å². The van der Waals surface area contributed by atoms with E-state index in [1.165, 1.54) is 12.1 Å². The van der Waals surface area contributed by atoms with Crippen LogP contribution in [0.3, 0.4) is 0 Å². The average Bonchev–Trinajstić information content (AvgIpc) is 2.45. The highest BCUT2D eigenvalue weighted by Gasteiger charge is 2.26. The van der Waals surface area contributed by atoms with Crippen molar-refractivity contribution in [3.63, 3.8) is 0 Å². The largest absolute Gasteiger partial charge is 0.341 e. The van der Waals surface area contributed by atoms with Gasteiger partial charge < -0.3 is 11.1 Å². The van der Waals surface area contributed by atoms with Crippen LogP contribution in [0.5, 0.6) is 0 Å². The summed E-state index contributed by atoms with van der Waals surface area (Å²) in [7, 11) is -4.61. The molecule has 1 aromatic carbocycles. The zero-order valence-corrected chi connectivity index (χ0v) is 12.4. The Balaban J connectivity index is 2.65. The van der Waals surface area contributed by atoms with Crippen LogP contribution in [0.1, 0.15) is 19.8 Å². The van der Waals surface area contributed by atoms with Crippen molar-refractivity contribution in [2.24, 2.45) is 11.7 Å². The van der Waals surface area contributed by atoms with Crippen LogP contribution in [0.2, 0.25) is 0 Å². The van der Waals surface area contributed by atoms with Crippen molar-refractivity contribution in [1.29, 1.82) is 0 Å². The SMILES string of the molecule is CC(CN)CCC(=O)Nc1ccc(S(=O)(=O)C(F)F)cc1. The van der Waals surface area contributed by atoms with Gasteiger partial charge in [0.05, 0.1) is 4.90 Å². The van der Waals surface area contributed by atoms with E-state index in [9.17, 15) is 22.0 Å². The zero-order chi connectivity index (χ0) is 16.0. The van der Waals surface area contributed by atoms with Gasteiger partial charge in [-0.1, -0.05) is 6.92 Å². The predicted octanol–water partition coefficient (Wildman–Crippen LogP) is 2.00. The first-order valence-electron chi connectivity index (χ1n) is 6.39. The van der Waals surface area contributed by atoms with Crippen molar-refractivity contribution in [3.8, 4) is 0 Å². The number of halogens is 2. The molecule has 1 unspecified atom stereocenters. The number of nitrogens with two attached hydrogens (primary N) is 1. The van der Waals surface area contributed by atoms with Crippen molar-refractivity contribution >= 4 is 21.4 Å². The highest BCUT2D eigenvalue weighted by molar-refractivity contribution is 7.91. The second kappa shape index (κ2) is 7.46. The van der Waals surface area contributed by atoms with E-state index in [-0.39, 0.29) is 18.2 Å². The Kier molecular flexibility index (Phi) is 6.22. The maximum Gasteiger partial charge on any atom is 0.341 e. The molecule has 1 amide bonds. The molecule has 0 aliphatic carbocycles. The molecule has 0 heterocycles. The van der Waals surface area contributed by atoms with E-state index in [4.69, 9.17) is 5.73 Å². The lowest BCUT2D eigenvalue weighted by Gasteiger charge is -2.09. The van der Waals surface area contributed by atoms with Gasteiger partial charge in [0.1, 0.15) is 0 Å². The molecule has 0 saturated carbocycles. The first kappa shape index (κ1) is 17.5. The normalized spacial score (nSPS) is 13.2. The third kappa shape index (κ3) is 5.05. The molecular weight excluding hydrogens is 302 g/mol. The van der Waals surface area contributed by atoms with Crippen molar-refractivity contribution in [2.75, 3.05) is 11.9 Å². The molecule has 3 N–H and O–H groups in total. The Hall–Kier alpha value is -1.54. The first-order valence-corrected chi connectivity index (χ1v) is 7.94. The van der Waals surface area contributed by atoms with E-state index in [2.05, 4.69) is 5.32 Å². The van der Waals surface area contributed by atoms with Gasteiger partial charge in [0.25, 0.3) is 0 Å². The minimum Gasteiger partial charge on any atom is -0.330 e. The Labute approximate surface area is 122 Å². The topological polar surface area (TPSA) is 89.3 Å². The summed E-state index contributed by atoms with van der Waals surface area (Å²) in [6.45, 7) is 2.42. The van der Waals surface area contributed by atoms with Crippen LogP contribution in [0.4, 0.5) is 14.5 Å². The molecule has 1 aromatic rings. The van der Waals surface area contributed by atoms with Gasteiger partial charge in [0, 0.05) is 12.1 Å². The Bertz CT molecular complexity index is 574. The minimum atomic E-state index is -4.61. The summed E-state index contributed by atoms with van der Waals surface area (Å²) < 4.78 is 47.2. The first-order chi connectivity index (χ1) is 9.77. The van der Waals surface area contributed by atoms with E-state index >= 15 is 0 Å². The molecule has 0 aliphatic heterocycles. The second-order valence-corrected chi connectivity index (χ2v) is 6.68. The van der Waals surface area contributed by atoms with E-state index in [0.717, 1.165) is 12.1 Å². The van der Waals surface area contributed by atoms with Crippen LogP contribution in [0.15, 0.2) is 29.2 Å². The number of rotatable bonds is 7. The number of hydrogen-bond donors (Lipinski definition) is 2. The van der Waals surface area contributed by atoms with E-state index in [1.54, 1.807) is 0 Å². The maximum atomic E-state index is 12.4. The molecular formula is C13H18F2N2O3S. The molecule has 0 spiro atoms. The van der Waals surface area contributed by atoms with Gasteiger partial charge in [-0.3, -0.25) is 4.79 Å². The van der Waals surface area contributed by atoms with Gasteiger partial charge in [0.2, 0.25) is 15.7 Å². The van der Waals surface area contributed by atoms with Gasteiger partial charge >= 0.3 is 5.76 Å². The third-order valence-electron chi connectivity index (χ3n) is 2.97. The van der Waals surface area contributed by atoms with Crippen molar-refractivity contribution in [1.82, 2.24) is 0 Å². The van der Waals surface area contributed by atoms with Crippen molar-refractivity contribution in [3.05, 3.63) is 24.3 Å². The molecule has 0 fully saturated rings. The second-order valence-electron chi connectivity index (χ2n) is 4.76. The predicted molar refractivity (Wildman–Crippen MR) is 75.7 cm³/mol. The number of hydrogen-bond acceptors (Lipinski definition) is 4. The van der Waals surface area contributed by atoms with Crippen LogP contribution in [-0.2, 0) is 14.6 Å². The van der Waals surface area contributed by atoms with Gasteiger partial charge in [-0.2, -0.15) is 8.78 Å². The Morgan fingerprint density at radius 3 is 2.33 bits per heavy atom. The molecule has 0 saturated heterocycles. The molecule has 5 nitrogen and oxygen atoms in total. The van der Waals surface area contributed by atoms with Gasteiger partial charge in [0.15, 0.2) is 0 Å². The van der Waals surface area contributed by atoms with Crippen LogP contribution < -0.4 is 11.1 Å². The molecule has 21 heavy (non-hydrogen) atoms. The fourth-order valence-corrected chi connectivity index (χ4v) is 2.27. The maximum absolute atomic E-state index is 12.4. The number of carbonyl (C=O) groups excluding carboxylic acids is 1. The van der Waals surface area contributed by atoms with E-state index in [1.807, 2.05) is 6.92 Å². The van der Waals surface area contributed by atoms with Crippen LogP contribution in [0, 0.1) is 5.92 Å². The molecule has 0 radical (unpaired) electrons. The number of benzene rings is 1. The lowest BCUT2D eigenvalue weighted by atomic mass is 10.1. The molecule has 0 aliphatic rings. The third-order valence-corrected chi connectivity index (χ3v) is 4.37. The number of nitrogens with one attached hydrogen (secondary N) is 1. The smallest absolute Gasteiger partial charge is 0.330 e. The minimum absolute atomic E-state index is 0.231. The van der Waals surface area contributed by atoms with Gasteiger partial charge in [-0.15, -0.1) is 0 Å². The molecule has 0 bridgehead atoms. The number of anilines is 1. The summed E-state index contributed by atoms with van der Waals surface area (Å²) in [6.07, 6.45) is 0.926. The highest BCUT2D eigenvalue weighted by atomic mass is 32.2. The Morgan fingerprint density at radius 1 is 1.29 bits per heavy atom. The van der Waals surface area contributed by atoms with Crippen LogP contribution in [-0.4, -0.2) is 26.6 Å². The number of amides is 1. The lowest BCUT2D eigenvalue weighted by Crippen LogP contribution is -2.16. The fourth-order valence-electron chi connectivity index (χ4n) is 1.55. The van der Waals surface area contributed by atoms with Crippen LogP contribution >= 0.6 is 0 Å². The number of carbonyl (C=O) groups is 1. The standard InChI is InChI=1S/C13H18F2N2O3S/c1-9(8-16)2-7-12(18)17-10-3-5-11(6-4-10)21(19,20)13(14)15/h3-6,9,13H,2,7-8,16H2,1H3,(H,17,18). The quantitative estimate of drug-likeness (QED) is 0.804.